The van der Waals surface area contributed by atoms with Crippen molar-refractivity contribution in [2.75, 3.05) is 13.7 Å². The van der Waals surface area contributed by atoms with E-state index in [1.54, 1.807) is 0 Å². The molecule has 23 heavy (non-hydrogen) atoms. The normalized spacial score (nSPS) is 10.0. The Hall–Kier alpha value is -2.24. The number of nitro benzene ring substituents is 1. The molecule has 0 saturated heterocycles. The van der Waals surface area contributed by atoms with Crippen LogP contribution in [0.25, 0.3) is 0 Å². The standard InChI is InChI=1S/C11H12N6O4S.ClH/c1-21-10(18)8-6-7(17(19)20)2-3-9(8)22-11-13-14-15-16(11)5-4-12;/h2-3,6H,4-5,12H2,1H3;1H. The number of rotatable bonds is 6. The van der Waals surface area contributed by atoms with E-state index in [0.29, 0.717) is 23.1 Å². The van der Waals surface area contributed by atoms with Crippen LogP contribution in [0.4, 0.5) is 5.69 Å². The van der Waals surface area contributed by atoms with Gasteiger partial charge in [-0.25, -0.2) is 9.48 Å². The van der Waals surface area contributed by atoms with Crippen molar-refractivity contribution in [1.82, 2.24) is 20.2 Å². The van der Waals surface area contributed by atoms with Crippen molar-refractivity contribution in [2.45, 2.75) is 16.6 Å². The first-order valence-corrected chi connectivity index (χ1v) is 6.89. The number of nitro groups is 1. The number of esters is 1. The number of methoxy groups -OCH3 is 1. The highest BCUT2D eigenvalue weighted by atomic mass is 35.5. The van der Waals surface area contributed by atoms with Crippen molar-refractivity contribution in [3.8, 4) is 0 Å². The lowest BCUT2D eigenvalue weighted by Crippen LogP contribution is -2.12. The Morgan fingerprint density at radius 2 is 2.26 bits per heavy atom. The van der Waals surface area contributed by atoms with E-state index in [9.17, 15) is 14.9 Å². The largest absolute Gasteiger partial charge is 0.465 e. The van der Waals surface area contributed by atoms with Crippen LogP contribution in [0, 0.1) is 10.1 Å². The smallest absolute Gasteiger partial charge is 0.339 e. The average molecular weight is 361 g/mol. The van der Waals surface area contributed by atoms with Crippen molar-refractivity contribution < 1.29 is 14.5 Å². The van der Waals surface area contributed by atoms with Gasteiger partial charge in [0, 0.05) is 23.6 Å². The third kappa shape index (κ3) is 4.37. The third-order valence-electron chi connectivity index (χ3n) is 2.62. The molecule has 124 valence electrons. The highest BCUT2D eigenvalue weighted by molar-refractivity contribution is 7.99. The number of ether oxygens (including phenoxy) is 1. The number of non-ortho nitro benzene ring substituents is 1. The van der Waals surface area contributed by atoms with Gasteiger partial charge in [0.15, 0.2) is 0 Å². The summed E-state index contributed by atoms with van der Waals surface area (Å²) < 4.78 is 6.13. The number of aromatic nitrogens is 4. The fourth-order valence-corrected chi connectivity index (χ4v) is 2.52. The van der Waals surface area contributed by atoms with Crippen molar-refractivity contribution in [2.24, 2.45) is 5.73 Å². The maximum atomic E-state index is 11.8. The number of carbonyl (C=O) groups excluding carboxylic acids is 1. The van der Waals surface area contributed by atoms with Gasteiger partial charge in [0.25, 0.3) is 5.69 Å². The number of benzene rings is 1. The number of halogens is 1. The molecular weight excluding hydrogens is 348 g/mol. The monoisotopic (exact) mass is 360 g/mol. The Morgan fingerprint density at radius 3 is 2.87 bits per heavy atom. The minimum atomic E-state index is -0.677. The van der Waals surface area contributed by atoms with Gasteiger partial charge in [0.2, 0.25) is 5.16 Å². The summed E-state index contributed by atoms with van der Waals surface area (Å²) in [7, 11) is 1.20. The minimum Gasteiger partial charge on any atom is -0.465 e. The predicted molar refractivity (Wildman–Crippen MR) is 82.7 cm³/mol. The summed E-state index contributed by atoms with van der Waals surface area (Å²) >= 11 is 1.10. The molecular formula is C11H13ClN6O4S. The third-order valence-corrected chi connectivity index (χ3v) is 3.67. The van der Waals surface area contributed by atoms with Crippen molar-refractivity contribution in [3.63, 3.8) is 0 Å². The molecule has 0 saturated carbocycles. The molecule has 0 bridgehead atoms. The number of tetrazole rings is 1. The van der Waals surface area contributed by atoms with Crippen LogP contribution in [0.15, 0.2) is 28.3 Å². The number of hydrogen-bond donors (Lipinski definition) is 1. The second kappa shape index (κ2) is 8.41. The molecule has 2 N–H and O–H groups in total. The predicted octanol–water partition coefficient (Wildman–Crippen LogP) is 0.900. The average Bonchev–Trinajstić information content (AvgIpc) is 2.94. The van der Waals surface area contributed by atoms with Gasteiger partial charge in [-0.3, -0.25) is 10.1 Å². The number of nitrogens with two attached hydrogens (primary N) is 1. The first-order valence-electron chi connectivity index (χ1n) is 6.07. The summed E-state index contributed by atoms with van der Waals surface area (Å²) in [5, 5.41) is 22.4. The van der Waals surface area contributed by atoms with Crippen LogP contribution in [0.1, 0.15) is 10.4 Å². The van der Waals surface area contributed by atoms with E-state index in [0.717, 1.165) is 17.8 Å². The Labute approximate surface area is 140 Å². The molecule has 0 atom stereocenters. The fourth-order valence-electron chi connectivity index (χ4n) is 1.62. The zero-order chi connectivity index (χ0) is 16.1. The molecule has 0 aliphatic rings. The lowest BCUT2D eigenvalue weighted by Gasteiger charge is -2.07. The van der Waals surface area contributed by atoms with Gasteiger partial charge in [-0.1, -0.05) is 0 Å². The zero-order valence-corrected chi connectivity index (χ0v) is 13.5. The number of nitrogens with zero attached hydrogens (tertiary/aromatic N) is 5. The van der Waals surface area contributed by atoms with Gasteiger partial charge in [0.05, 0.1) is 24.1 Å². The quantitative estimate of drug-likeness (QED) is 0.452. The molecule has 0 aliphatic heterocycles. The SMILES string of the molecule is COC(=O)c1cc([N+](=O)[O-])ccc1Sc1nnnn1CCN.Cl. The molecule has 12 heteroatoms. The summed E-state index contributed by atoms with van der Waals surface area (Å²) in [6.07, 6.45) is 0. The number of carbonyl (C=O) groups is 1. The summed E-state index contributed by atoms with van der Waals surface area (Å²) in [6.45, 7) is 0.762. The molecule has 1 aromatic carbocycles. The highest BCUT2D eigenvalue weighted by Crippen LogP contribution is 2.31. The van der Waals surface area contributed by atoms with Gasteiger partial charge >= 0.3 is 5.97 Å². The van der Waals surface area contributed by atoms with Crippen LogP contribution in [0.3, 0.4) is 0 Å². The summed E-state index contributed by atoms with van der Waals surface area (Å²) in [5.41, 5.74) is 5.33. The molecule has 0 amide bonds. The molecule has 0 fully saturated rings. The van der Waals surface area contributed by atoms with Crippen LogP contribution >= 0.6 is 24.2 Å². The van der Waals surface area contributed by atoms with E-state index in [4.69, 9.17) is 5.73 Å². The van der Waals surface area contributed by atoms with E-state index >= 15 is 0 Å². The molecule has 2 rings (SSSR count). The van der Waals surface area contributed by atoms with Crippen LogP contribution < -0.4 is 5.73 Å². The second-order valence-corrected chi connectivity index (χ2v) is 5.01. The lowest BCUT2D eigenvalue weighted by molar-refractivity contribution is -0.384. The minimum absolute atomic E-state index is 0. The van der Waals surface area contributed by atoms with Crippen LogP contribution in [-0.4, -0.2) is 44.8 Å². The molecule has 0 spiro atoms. The first kappa shape index (κ1) is 18.8. The molecule has 0 unspecified atom stereocenters. The first-order chi connectivity index (χ1) is 10.6. The molecule has 10 nitrogen and oxygen atoms in total. The Morgan fingerprint density at radius 1 is 1.52 bits per heavy atom. The highest BCUT2D eigenvalue weighted by Gasteiger charge is 2.20. The van der Waals surface area contributed by atoms with Gasteiger partial charge in [-0.15, -0.1) is 17.5 Å². The van der Waals surface area contributed by atoms with Gasteiger partial charge in [-0.05, 0) is 28.3 Å². The Kier molecular flexibility index (Phi) is 6.88. The van der Waals surface area contributed by atoms with E-state index in [1.807, 2.05) is 0 Å². The van der Waals surface area contributed by atoms with Gasteiger partial charge in [0.1, 0.15) is 0 Å². The van der Waals surface area contributed by atoms with E-state index < -0.39 is 10.9 Å². The summed E-state index contributed by atoms with van der Waals surface area (Å²) in [4.78, 5) is 22.5. The van der Waals surface area contributed by atoms with Crippen LogP contribution in [0.2, 0.25) is 0 Å². The lowest BCUT2D eigenvalue weighted by atomic mass is 10.2. The molecule has 2 aromatic rings. The fraction of sp³-hybridized carbons (Fsp3) is 0.273. The van der Waals surface area contributed by atoms with E-state index in [2.05, 4.69) is 20.3 Å². The van der Waals surface area contributed by atoms with Crippen molar-refractivity contribution >= 4 is 35.8 Å². The molecule has 1 aromatic heterocycles. The topological polar surface area (TPSA) is 139 Å². The van der Waals surface area contributed by atoms with E-state index in [-0.39, 0.29) is 23.7 Å². The molecule has 1 heterocycles. The maximum Gasteiger partial charge on any atom is 0.339 e. The Bertz CT molecular complexity index is 710. The molecule has 0 aliphatic carbocycles. The summed E-state index contributed by atoms with van der Waals surface area (Å²) in [5.74, 6) is -0.677. The van der Waals surface area contributed by atoms with Crippen LogP contribution in [0.5, 0.6) is 0 Å². The molecule has 0 radical (unpaired) electrons. The zero-order valence-electron chi connectivity index (χ0n) is 11.9. The van der Waals surface area contributed by atoms with E-state index in [1.165, 1.54) is 23.9 Å². The van der Waals surface area contributed by atoms with Crippen molar-refractivity contribution in [3.05, 3.63) is 33.9 Å². The van der Waals surface area contributed by atoms with Crippen molar-refractivity contribution in [1.29, 1.82) is 0 Å². The van der Waals surface area contributed by atoms with Gasteiger partial charge < -0.3 is 10.5 Å². The second-order valence-electron chi connectivity index (χ2n) is 4.00. The summed E-state index contributed by atoms with van der Waals surface area (Å²) in [6, 6.07) is 3.91. The van der Waals surface area contributed by atoms with Gasteiger partial charge in [-0.2, -0.15) is 0 Å². The van der Waals surface area contributed by atoms with Crippen LogP contribution in [-0.2, 0) is 11.3 Å². The maximum absolute atomic E-state index is 11.8. The Balaban J connectivity index is 0.00000264. The number of hydrogen-bond acceptors (Lipinski definition) is 9.